The standard InChI is InChI=1S/C45H39N5/c1-29-21-32-22-30(2)26-45(25-29,27-32)36-16-20-40-39(24-36)38-19-15-35(23-41(38)50(40)37-17-13-31(28-46)14-18-37)44-48-42(33-9-5-3-6-10-33)47-43(49-44)34-11-7-4-8-12-34/h3-20,23-24,29-30,32H,21-22,25-27H2,1-2H3/t29-,30+,32-,45?. The molecule has 50 heavy (non-hydrogen) atoms. The van der Waals surface area contributed by atoms with E-state index in [9.17, 15) is 5.26 Å². The van der Waals surface area contributed by atoms with Gasteiger partial charge in [-0.25, -0.2) is 15.0 Å². The first kappa shape index (κ1) is 30.5. The van der Waals surface area contributed by atoms with E-state index in [0.29, 0.717) is 23.0 Å². The van der Waals surface area contributed by atoms with Crippen molar-refractivity contribution in [2.75, 3.05) is 0 Å². The first-order valence-corrected chi connectivity index (χ1v) is 17.9. The lowest BCUT2D eigenvalue weighted by molar-refractivity contribution is 0.0781. The Morgan fingerprint density at radius 2 is 1.20 bits per heavy atom. The first-order chi connectivity index (χ1) is 24.5. The summed E-state index contributed by atoms with van der Waals surface area (Å²) in [5.74, 6) is 4.25. The van der Waals surface area contributed by atoms with Crippen LogP contribution in [0.2, 0.25) is 0 Å². The summed E-state index contributed by atoms with van der Waals surface area (Å²) in [7, 11) is 0. The third-order valence-electron chi connectivity index (χ3n) is 11.2. The van der Waals surface area contributed by atoms with E-state index in [2.05, 4.69) is 73.0 Å². The van der Waals surface area contributed by atoms with E-state index in [4.69, 9.17) is 15.0 Å². The van der Waals surface area contributed by atoms with Gasteiger partial charge in [0.05, 0.1) is 22.7 Å². The second-order valence-corrected chi connectivity index (χ2v) is 14.9. The van der Waals surface area contributed by atoms with E-state index in [-0.39, 0.29) is 5.41 Å². The molecule has 2 fully saturated rings. The maximum absolute atomic E-state index is 9.56. The molecular formula is C45H39N5. The van der Waals surface area contributed by atoms with Gasteiger partial charge in [0, 0.05) is 33.2 Å². The van der Waals surface area contributed by atoms with Crippen molar-refractivity contribution in [2.24, 2.45) is 17.8 Å². The molecular weight excluding hydrogens is 611 g/mol. The van der Waals surface area contributed by atoms with Crippen LogP contribution in [0, 0.1) is 29.1 Å². The third kappa shape index (κ3) is 5.27. The zero-order chi connectivity index (χ0) is 33.8. The monoisotopic (exact) mass is 649 g/mol. The van der Waals surface area contributed by atoms with E-state index >= 15 is 0 Å². The topological polar surface area (TPSA) is 67.4 Å². The average molecular weight is 650 g/mol. The second-order valence-electron chi connectivity index (χ2n) is 14.9. The summed E-state index contributed by atoms with van der Waals surface area (Å²) in [4.78, 5) is 15.0. The van der Waals surface area contributed by atoms with Crippen LogP contribution in [-0.2, 0) is 5.41 Å². The number of benzene rings is 5. The Hall–Kier alpha value is -5.60. The van der Waals surface area contributed by atoms with Gasteiger partial charge < -0.3 is 4.57 Å². The quantitative estimate of drug-likeness (QED) is 0.186. The summed E-state index contributed by atoms with van der Waals surface area (Å²) in [6, 6.07) is 44.3. The van der Waals surface area contributed by atoms with Crippen LogP contribution in [0.15, 0.2) is 121 Å². The van der Waals surface area contributed by atoms with Crippen molar-refractivity contribution in [2.45, 2.75) is 51.4 Å². The van der Waals surface area contributed by atoms with E-state index in [1.165, 1.54) is 48.4 Å². The highest BCUT2D eigenvalue weighted by Gasteiger charge is 2.45. The molecule has 2 aliphatic carbocycles. The highest BCUT2D eigenvalue weighted by Crippen LogP contribution is 2.54. The summed E-state index contributed by atoms with van der Waals surface area (Å²) >= 11 is 0. The lowest BCUT2D eigenvalue weighted by atomic mass is 9.54. The van der Waals surface area contributed by atoms with Gasteiger partial charge in [-0.2, -0.15) is 5.26 Å². The molecule has 1 unspecified atom stereocenters. The van der Waals surface area contributed by atoms with Crippen molar-refractivity contribution in [1.82, 2.24) is 19.5 Å². The molecule has 7 aromatic rings. The molecule has 5 aromatic carbocycles. The fourth-order valence-electron chi connectivity index (χ4n) is 9.45. The Labute approximate surface area is 293 Å². The number of hydrogen-bond donors (Lipinski definition) is 0. The number of rotatable bonds is 5. The molecule has 0 radical (unpaired) electrons. The summed E-state index contributed by atoms with van der Waals surface area (Å²) in [5, 5.41) is 12.0. The third-order valence-corrected chi connectivity index (χ3v) is 11.2. The first-order valence-electron chi connectivity index (χ1n) is 17.9. The summed E-state index contributed by atoms with van der Waals surface area (Å²) in [6.07, 6.45) is 6.57. The van der Waals surface area contributed by atoms with Gasteiger partial charge in [-0.15, -0.1) is 0 Å². The number of nitrogens with zero attached hydrogens (tertiary/aromatic N) is 5. The zero-order valence-electron chi connectivity index (χ0n) is 28.6. The summed E-state index contributed by atoms with van der Waals surface area (Å²) in [6.45, 7) is 4.92. The molecule has 5 heteroatoms. The predicted molar refractivity (Wildman–Crippen MR) is 202 cm³/mol. The van der Waals surface area contributed by atoms with Crippen LogP contribution < -0.4 is 0 Å². The molecule has 2 bridgehead atoms. The fraction of sp³-hybridized carbons (Fsp3) is 0.244. The Balaban J connectivity index is 1.25. The number of aromatic nitrogens is 4. The van der Waals surface area contributed by atoms with Crippen LogP contribution >= 0.6 is 0 Å². The molecule has 2 heterocycles. The molecule has 2 saturated carbocycles. The van der Waals surface area contributed by atoms with Crippen LogP contribution in [0.4, 0.5) is 0 Å². The lowest BCUT2D eigenvalue weighted by Crippen LogP contribution is -2.42. The van der Waals surface area contributed by atoms with Crippen molar-refractivity contribution in [3.8, 4) is 45.9 Å². The van der Waals surface area contributed by atoms with Gasteiger partial charge in [-0.3, -0.25) is 0 Å². The van der Waals surface area contributed by atoms with Crippen LogP contribution in [0.5, 0.6) is 0 Å². The minimum Gasteiger partial charge on any atom is -0.309 e. The fourth-order valence-corrected chi connectivity index (χ4v) is 9.45. The number of hydrogen-bond acceptors (Lipinski definition) is 4. The number of fused-ring (bicyclic) bond motifs is 5. The Morgan fingerprint density at radius 3 is 1.80 bits per heavy atom. The predicted octanol–water partition coefficient (Wildman–Crippen LogP) is 10.9. The van der Waals surface area contributed by atoms with Gasteiger partial charge >= 0.3 is 0 Å². The van der Waals surface area contributed by atoms with E-state index in [1.54, 1.807) is 0 Å². The molecule has 4 atom stereocenters. The SMILES string of the molecule is C[C@@H]1C[C@@H]2C[C@H](C)CC(c3ccc4c(c3)c3ccc(-c5nc(-c6ccccc6)nc(-c6ccccc6)n5)cc3n4-c3ccc(C#N)cc3)(C1)C2. The van der Waals surface area contributed by atoms with Crippen LogP contribution in [0.3, 0.4) is 0 Å². The minimum absolute atomic E-state index is 0.240. The van der Waals surface area contributed by atoms with Crippen molar-refractivity contribution in [3.05, 3.63) is 132 Å². The zero-order valence-corrected chi connectivity index (χ0v) is 28.6. The minimum atomic E-state index is 0.240. The smallest absolute Gasteiger partial charge is 0.164 e. The van der Waals surface area contributed by atoms with Crippen LogP contribution in [0.1, 0.15) is 57.1 Å². The molecule has 0 amide bonds. The maximum atomic E-state index is 9.56. The Kier molecular flexibility index (Phi) is 7.35. The van der Waals surface area contributed by atoms with Crippen molar-refractivity contribution < 1.29 is 0 Å². The molecule has 2 aliphatic rings. The molecule has 0 N–H and O–H groups in total. The molecule has 0 aliphatic heterocycles. The molecule has 2 aromatic heterocycles. The highest BCUT2D eigenvalue weighted by molar-refractivity contribution is 6.10. The van der Waals surface area contributed by atoms with E-state index < -0.39 is 0 Å². The average Bonchev–Trinajstić information content (AvgIpc) is 3.48. The normalized spacial score (nSPS) is 21.7. The van der Waals surface area contributed by atoms with E-state index in [1.807, 2.05) is 72.8 Å². The summed E-state index contributed by atoms with van der Waals surface area (Å²) in [5.41, 5.74) is 8.48. The second kappa shape index (κ2) is 12.1. The largest absolute Gasteiger partial charge is 0.309 e. The van der Waals surface area contributed by atoms with Gasteiger partial charge in [0.25, 0.3) is 0 Å². The molecule has 0 spiro atoms. The molecule has 5 nitrogen and oxygen atoms in total. The van der Waals surface area contributed by atoms with Crippen molar-refractivity contribution in [1.29, 1.82) is 5.26 Å². The van der Waals surface area contributed by atoms with Gasteiger partial charge in [0.15, 0.2) is 17.5 Å². The molecule has 9 rings (SSSR count). The van der Waals surface area contributed by atoms with Crippen molar-refractivity contribution >= 4 is 21.8 Å². The van der Waals surface area contributed by atoms with Crippen LogP contribution in [-0.4, -0.2) is 19.5 Å². The van der Waals surface area contributed by atoms with Gasteiger partial charge in [-0.1, -0.05) is 92.7 Å². The Bertz CT molecular complexity index is 2330. The molecule has 0 saturated heterocycles. The van der Waals surface area contributed by atoms with Gasteiger partial charge in [0.1, 0.15) is 0 Å². The lowest BCUT2D eigenvalue weighted by Gasteiger charge is -2.50. The molecule has 244 valence electrons. The highest BCUT2D eigenvalue weighted by atomic mass is 15.0. The van der Waals surface area contributed by atoms with Crippen LogP contribution in [0.25, 0.3) is 61.7 Å². The number of nitriles is 1. The Morgan fingerprint density at radius 1 is 0.600 bits per heavy atom. The summed E-state index contributed by atoms with van der Waals surface area (Å²) < 4.78 is 2.34. The maximum Gasteiger partial charge on any atom is 0.164 e. The van der Waals surface area contributed by atoms with Gasteiger partial charge in [0.2, 0.25) is 0 Å². The van der Waals surface area contributed by atoms with Gasteiger partial charge in [-0.05, 0) is 103 Å². The van der Waals surface area contributed by atoms with E-state index in [0.717, 1.165) is 51.2 Å². The van der Waals surface area contributed by atoms with Crippen molar-refractivity contribution in [3.63, 3.8) is 0 Å².